The van der Waals surface area contributed by atoms with Crippen molar-refractivity contribution in [1.82, 2.24) is 4.57 Å². The lowest BCUT2D eigenvalue weighted by Crippen LogP contribution is -2.41. The van der Waals surface area contributed by atoms with Gasteiger partial charge in [0.1, 0.15) is 11.9 Å². The summed E-state index contributed by atoms with van der Waals surface area (Å²) in [7, 11) is 0. The van der Waals surface area contributed by atoms with Crippen molar-refractivity contribution in [3.8, 4) is 0 Å². The second-order valence-electron chi connectivity index (χ2n) is 16.4. The number of unbranched alkanes of at least 4 members (excludes halogenated alkanes) is 25. The molecule has 1 heterocycles. The number of aryl methyl sites for hydroxylation is 1. The van der Waals surface area contributed by atoms with Crippen LogP contribution in [0.2, 0.25) is 0 Å². The number of benzene rings is 2. The third kappa shape index (κ3) is 19.6. The molecule has 2 aromatic carbocycles. The molecule has 3 rings (SSSR count). The molecule has 1 unspecified atom stereocenters. The van der Waals surface area contributed by atoms with Gasteiger partial charge in [-0.25, -0.2) is 9.13 Å². The molecular weight excluding hydrogens is 629 g/mol. The lowest BCUT2D eigenvalue weighted by atomic mass is 9.96. The van der Waals surface area contributed by atoms with E-state index in [1.165, 1.54) is 196 Å². The first-order valence-corrected chi connectivity index (χ1v) is 22.9. The van der Waals surface area contributed by atoms with Crippen molar-refractivity contribution in [3.05, 3.63) is 89.5 Å². The lowest BCUT2D eigenvalue weighted by Gasteiger charge is -2.12. The molecule has 0 saturated carbocycles. The first-order chi connectivity index (χ1) is 25.7. The topological polar surface area (TPSA) is 8.81 Å². The summed E-state index contributed by atoms with van der Waals surface area (Å²) in [5.41, 5.74) is 4.43. The smallest absolute Gasteiger partial charge is 0.234 e. The van der Waals surface area contributed by atoms with Crippen LogP contribution in [-0.2, 0) is 25.9 Å². The zero-order valence-electron chi connectivity index (χ0n) is 34.7. The molecule has 0 fully saturated rings. The maximum atomic E-state index is 2.76. The van der Waals surface area contributed by atoms with E-state index in [1.54, 1.807) is 0 Å². The van der Waals surface area contributed by atoms with Crippen molar-refractivity contribution < 1.29 is 4.57 Å². The van der Waals surface area contributed by atoms with E-state index in [0.717, 1.165) is 25.9 Å². The van der Waals surface area contributed by atoms with Crippen LogP contribution >= 0.6 is 0 Å². The first kappa shape index (κ1) is 44.0. The van der Waals surface area contributed by atoms with Gasteiger partial charge in [-0.2, -0.15) is 0 Å². The second-order valence-corrected chi connectivity index (χ2v) is 16.4. The van der Waals surface area contributed by atoms with Gasteiger partial charge < -0.3 is 0 Å². The Labute approximate surface area is 323 Å². The Morgan fingerprint density at radius 1 is 0.481 bits per heavy atom. The molecule has 292 valence electrons. The quantitative estimate of drug-likeness (QED) is 0.0431. The van der Waals surface area contributed by atoms with Gasteiger partial charge in [-0.3, -0.25) is 0 Å². The van der Waals surface area contributed by atoms with Crippen LogP contribution in [-0.4, -0.2) is 4.57 Å². The van der Waals surface area contributed by atoms with Gasteiger partial charge in [0.05, 0.1) is 19.5 Å². The molecule has 2 heteroatoms. The summed E-state index contributed by atoms with van der Waals surface area (Å²) in [6, 6.07) is 22.4. The second kappa shape index (κ2) is 30.0. The van der Waals surface area contributed by atoms with E-state index >= 15 is 0 Å². The van der Waals surface area contributed by atoms with E-state index in [9.17, 15) is 0 Å². The van der Waals surface area contributed by atoms with Crippen molar-refractivity contribution >= 4 is 0 Å². The van der Waals surface area contributed by atoms with Gasteiger partial charge in [0.2, 0.25) is 0 Å². The van der Waals surface area contributed by atoms with Crippen LogP contribution in [0.25, 0.3) is 0 Å². The highest BCUT2D eigenvalue weighted by molar-refractivity contribution is 5.21. The third-order valence-corrected chi connectivity index (χ3v) is 11.6. The normalized spacial score (nSPS) is 12.1. The number of imidazole rings is 1. The third-order valence-electron chi connectivity index (χ3n) is 11.6. The minimum atomic E-state index is 0.514. The zero-order valence-corrected chi connectivity index (χ0v) is 34.7. The van der Waals surface area contributed by atoms with Crippen molar-refractivity contribution in [1.29, 1.82) is 0 Å². The SMILES string of the molecule is CCCCCCCCCCCCCCCCCC[n+]1c(CC(C)c2ccccc2)cn(CCCCCCCCCCCCC)c1Cc1ccccc1. The molecule has 0 radical (unpaired) electrons. The Morgan fingerprint density at radius 3 is 1.35 bits per heavy atom. The number of hydrogen-bond donors (Lipinski definition) is 0. The Balaban J connectivity index is 1.50. The highest BCUT2D eigenvalue weighted by atomic mass is 15.2. The monoisotopic (exact) mass is 712 g/mol. The molecule has 0 amide bonds. The number of aromatic nitrogens is 2. The van der Waals surface area contributed by atoms with Crippen molar-refractivity contribution in [2.24, 2.45) is 0 Å². The van der Waals surface area contributed by atoms with Gasteiger partial charge in [-0.05, 0) is 42.7 Å². The fourth-order valence-corrected chi connectivity index (χ4v) is 8.23. The summed E-state index contributed by atoms with van der Waals surface area (Å²) in [5.74, 6) is 2.04. The average molecular weight is 712 g/mol. The molecule has 0 aliphatic heterocycles. The molecule has 0 N–H and O–H groups in total. The molecule has 1 atom stereocenters. The van der Waals surface area contributed by atoms with Gasteiger partial charge in [-0.1, -0.05) is 229 Å². The largest absolute Gasteiger partial charge is 0.261 e. The van der Waals surface area contributed by atoms with Gasteiger partial charge in [0.15, 0.2) is 0 Å². The Kier molecular flexibility index (Phi) is 25.4. The highest BCUT2D eigenvalue weighted by Gasteiger charge is 2.25. The molecule has 0 aliphatic rings. The molecular formula is C50H83N2+. The molecule has 0 bridgehead atoms. The number of rotatable bonds is 34. The van der Waals surface area contributed by atoms with Crippen LogP contribution in [0.15, 0.2) is 66.9 Å². The van der Waals surface area contributed by atoms with Crippen molar-refractivity contribution in [2.45, 2.75) is 226 Å². The fraction of sp³-hybridized carbons (Fsp3) is 0.700. The van der Waals surface area contributed by atoms with E-state index in [4.69, 9.17) is 0 Å². The summed E-state index contributed by atoms with van der Waals surface area (Å²) in [4.78, 5) is 0. The summed E-state index contributed by atoms with van der Waals surface area (Å²) < 4.78 is 5.43. The van der Waals surface area contributed by atoms with Gasteiger partial charge in [-0.15, -0.1) is 0 Å². The van der Waals surface area contributed by atoms with E-state index in [-0.39, 0.29) is 0 Å². The van der Waals surface area contributed by atoms with Crippen molar-refractivity contribution in [3.63, 3.8) is 0 Å². The summed E-state index contributed by atoms with van der Waals surface area (Å²) in [5, 5.41) is 0. The predicted molar refractivity (Wildman–Crippen MR) is 228 cm³/mol. The molecule has 0 spiro atoms. The van der Waals surface area contributed by atoms with Gasteiger partial charge in [0.25, 0.3) is 5.82 Å². The van der Waals surface area contributed by atoms with Crippen LogP contribution < -0.4 is 4.57 Å². The average Bonchev–Trinajstić information content (AvgIpc) is 3.48. The first-order valence-electron chi connectivity index (χ1n) is 22.9. The molecule has 0 saturated heterocycles. The standard InChI is InChI=1S/C50H83N2/c1-4-6-8-10-12-14-16-17-18-19-20-22-24-26-28-36-42-52-49(43-46(3)48-39-33-30-34-40-48)45-51(50(52)44-47-37-31-29-32-38-47)41-35-27-25-23-21-15-13-11-9-7-5-2/h29-34,37-40,45-46H,4-28,35-36,41-44H2,1-3H3/q+1. The predicted octanol–water partition coefficient (Wildman–Crippen LogP) is 15.3. The fourth-order valence-electron chi connectivity index (χ4n) is 8.23. The molecule has 52 heavy (non-hydrogen) atoms. The van der Waals surface area contributed by atoms with Gasteiger partial charge in [0, 0.05) is 6.42 Å². The van der Waals surface area contributed by atoms with Crippen LogP contribution in [0.5, 0.6) is 0 Å². The Hall–Kier alpha value is -2.35. The van der Waals surface area contributed by atoms with Crippen LogP contribution in [0, 0.1) is 0 Å². The van der Waals surface area contributed by atoms with E-state index in [2.05, 4.69) is 96.8 Å². The Bertz CT molecular complexity index is 1210. The number of hydrogen-bond acceptors (Lipinski definition) is 0. The maximum absolute atomic E-state index is 2.76. The van der Waals surface area contributed by atoms with E-state index < -0.39 is 0 Å². The molecule has 2 nitrogen and oxygen atoms in total. The zero-order chi connectivity index (χ0) is 36.7. The van der Waals surface area contributed by atoms with Crippen LogP contribution in [0.4, 0.5) is 0 Å². The molecule has 3 aromatic rings. The maximum Gasteiger partial charge on any atom is 0.261 e. The van der Waals surface area contributed by atoms with Crippen LogP contribution in [0.3, 0.4) is 0 Å². The lowest BCUT2D eigenvalue weighted by molar-refractivity contribution is -0.710. The van der Waals surface area contributed by atoms with Gasteiger partial charge >= 0.3 is 0 Å². The van der Waals surface area contributed by atoms with Crippen LogP contribution in [0.1, 0.15) is 223 Å². The molecule has 1 aromatic heterocycles. The summed E-state index contributed by atoms with van der Waals surface area (Å²) in [6.07, 6.45) is 42.8. The minimum absolute atomic E-state index is 0.514. The highest BCUT2D eigenvalue weighted by Crippen LogP contribution is 2.22. The number of nitrogens with zero attached hydrogens (tertiary/aromatic N) is 2. The summed E-state index contributed by atoms with van der Waals surface area (Å²) in [6.45, 7) is 9.35. The van der Waals surface area contributed by atoms with Crippen molar-refractivity contribution in [2.75, 3.05) is 0 Å². The minimum Gasteiger partial charge on any atom is -0.234 e. The van der Waals surface area contributed by atoms with E-state index in [1.807, 2.05) is 0 Å². The molecule has 0 aliphatic carbocycles. The summed E-state index contributed by atoms with van der Waals surface area (Å²) >= 11 is 0. The van der Waals surface area contributed by atoms with E-state index in [0.29, 0.717) is 5.92 Å². The Morgan fingerprint density at radius 2 is 0.885 bits per heavy atom.